The topological polar surface area (TPSA) is 63.1 Å². The predicted molar refractivity (Wildman–Crippen MR) is 70.4 cm³/mol. The first kappa shape index (κ1) is 12.2. The molecule has 6 heteroatoms. The molecule has 0 bridgehead atoms. The fourth-order valence-corrected chi connectivity index (χ4v) is 1.98. The van der Waals surface area contributed by atoms with E-state index < -0.39 is 11.9 Å². The number of amides is 3. The van der Waals surface area contributed by atoms with Crippen molar-refractivity contribution >= 4 is 18.0 Å². The van der Waals surface area contributed by atoms with Gasteiger partial charge in [0.1, 0.15) is 11.5 Å². The van der Waals surface area contributed by atoms with Crippen LogP contribution in [0.4, 0.5) is 9.18 Å². The Morgan fingerprint density at radius 2 is 1.80 bits per heavy atom. The number of imide groups is 1. The minimum absolute atomic E-state index is 0.178. The summed E-state index contributed by atoms with van der Waals surface area (Å²) in [5.74, 6) is -0.787. The van der Waals surface area contributed by atoms with Crippen molar-refractivity contribution in [3.05, 3.63) is 59.8 Å². The Kier molecular flexibility index (Phi) is 2.83. The normalized spacial score (nSPS) is 16.4. The number of hydrogen-bond acceptors (Lipinski definition) is 2. The lowest BCUT2D eigenvalue weighted by Gasteiger charge is -2.06. The summed E-state index contributed by atoms with van der Waals surface area (Å²) in [6.45, 7) is 0. The summed E-state index contributed by atoms with van der Waals surface area (Å²) in [5.41, 5.74) is 1.63. The Morgan fingerprint density at radius 1 is 1.05 bits per heavy atom. The SMILES string of the molecule is O=C1NC(=O)/C(=C\c2cccn2-c2ccc(F)cc2)N1. The summed E-state index contributed by atoms with van der Waals surface area (Å²) in [6, 6.07) is 9.02. The third-order valence-electron chi connectivity index (χ3n) is 2.90. The number of urea groups is 1. The minimum Gasteiger partial charge on any atom is -0.317 e. The first-order valence-corrected chi connectivity index (χ1v) is 5.91. The van der Waals surface area contributed by atoms with Crippen LogP contribution >= 0.6 is 0 Å². The second-order valence-electron chi connectivity index (χ2n) is 4.25. The van der Waals surface area contributed by atoms with Gasteiger partial charge < -0.3 is 9.88 Å². The molecule has 0 atom stereocenters. The van der Waals surface area contributed by atoms with Gasteiger partial charge in [-0.15, -0.1) is 0 Å². The van der Waals surface area contributed by atoms with E-state index in [2.05, 4.69) is 10.6 Å². The van der Waals surface area contributed by atoms with Gasteiger partial charge in [0.05, 0.1) is 0 Å². The molecule has 1 aromatic heterocycles. The fraction of sp³-hybridized carbons (Fsp3) is 0. The average molecular weight is 271 g/mol. The fourth-order valence-electron chi connectivity index (χ4n) is 1.98. The monoisotopic (exact) mass is 271 g/mol. The molecule has 5 nitrogen and oxygen atoms in total. The zero-order valence-corrected chi connectivity index (χ0v) is 10.3. The molecule has 0 radical (unpaired) electrons. The molecule has 1 aliphatic rings. The van der Waals surface area contributed by atoms with Crippen molar-refractivity contribution in [3.8, 4) is 5.69 Å². The number of nitrogens with zero attached hydrogens (tertiary/aromatic N) is 1. The molecule has 3 amide bonds. The van der Waals surface area contributed by atoms with Crippen molar-refractivity contribution < 1.29 is 14.0 Å². The van der Waals surface area contributed by atoms with Crippen LogP contribution in [0.2, 0.25) is 0 Å². The summed E-state index contributed by atoms with van der Waals surface area (Å²) in [6.07, 6.45) is 3.35. The summed E-state index contributed by atoms with van der Waals surface area (Å²) in [7, 11) is 0. The minimum atomic E-state index is -0.541. The van der Waals surface area contributed by atoms with E-state index in [0.29, 0.717) is 5.69 Å². The Hall–Kier alpha value is -2.89. The maximum atomic E-state index is 12.9. The Bertz CT molecular complexity index is 716. The van der Waals surface area contributed by atoms with Gasteiger partial charge in [-0.2, -0.15) is 0 Å². The molecule has 3 rings (SSSR count). The van der Waals surface area contributed by atoms with Gasteiger partial charge >= 0.3 is 6.03 Å². The van der Waals surface area contributed by atoms with Crippen LogP contribution in [0.15, 0.2) is 48.3 Å². The van der Waals surface area contributed by atoms with Gasteiger partial charge in [-0.25, -0.2) is 9.18 Å². The van der Waals surface area contributed by atoms with Crippen molar-refractivity contribution in [1.29, 1.82) is 0 Å². The predicted octanol–water partition coefficient (Wildman–Crippen LogP) is 1.80. The first-order valence-electron chi connectivity index (χ1n) is 5.91. The maximum absolute atomic E-state index is 12.9. The number of nitrogens with one attached hydrogen (secondary N) is 2. The third kappa shape index (κ3) is 2.18. The highest BCUT2D eigenvalue weighted by atomic mass is 19.1. The van der Waals surface area contributed by atoms with E-state index >= 15 is 0 Å². The van der Waals surface area contributed by atoms with Crippen molar-refractivity contribution in [2.45, 2.75) is 0 Å². The molecule has 1 fully saturated rings. The van der Waals surface area contributed by atoms with Crippen LogP contribution in [-0.4, -0.2) is 16.5 Å². The van der Waals surface area contributed by atoms with E-state index in [9.17, 15) is 14.0 Å². The largest absolute Gasteiger partial charge is 0.326 e. The molecule has 0 spiro atoms. The van der Waals surface area contributed by atoms with Crippen molar-refractivity contribution in [2.75, 3.05) is 0 Å². The number of carbonyl (C=O) groups is 2. The van der Waals surface area contributed by atoms with Crippen LogP contribution in [0.1, 0.15) is 5.69 Å². The van der Waals surface area contributed by atoms with E-state index in [1.54, 1.807) is 41.1 Å². The Morgan fingerprint density at radius 3 is 2.45 bits per heavy atom. The van der Waals surface area contributed by atoms with E-state index in [0.717, 1.165) is 5.69 Å². The molecule has 1 saturated heterocycles. The van der Waals surface area contributed by atoms with Crippen LogP contribution in [0.25, 0.3) is 11.8 Å². The number of aromatic nitrogens is 1. The Balaban J connectivity index is 1.99. The maximum Gasteiger partial charge on any atom is 0.326 e. The van der Waals surface area contributed by atoms with Crippen molar-refractivity contribution in [2.24, 2.45) is 0 Å². The zero-order chi connectivity index (χ0) is 14.1. The average Bonchev–Trinajstić information content (AvgIpc) is 2.98. The second-order valence-corrected chi connectivity index (χ2v) is 4.25. The van der Waals surface area contributed by atoms with Gasteiger partial charge in [0.25, 0.3) is 5.91 Å². The highest BCUT2D eigenvalue weighted by Crippen LogP contribution is 2.16. The molecule has 1 aliphatic heterocycles. The van der Waals surface area contributed by atoms with Gasteiger partial charge in [-0.05, 0) is 42.5 Å². The molecular formula is C14H10FN3O2. The zero-order valence-electron chi connectivity index (χ0n) is 10.3. The van der Waals surface area contributed by atoms with Crippen LogP contribution in [0.3, 0.4) is 0 Å². The lowest BCUT2D eigenvalue weighted by molar-refractivity contribution is -0.115. The van der Waals surface area contributed by atoms with Gasteiger partial charge in [-0.1, -0.05) is 0 Å². The second kappa shape index (κ2) is 4.65. The van der Waals surface area contributed by atoms with Gasteiger partial charge in [0.2, 0.25) is 0 Å². The highest BCUT2D eigenvalue weighted by Gasteiger charge is 2.23. The number of carbonyl (C=O) groups excluding carboxylic acids is 2. The van der Waals surface area contributed by atoms with E-state index in [4.69, 9.17) is 0 Å². The lowest BCUT2D eigenvalue weighted by Crippen LogP contribution is -2.22. The van der Waals surface area contributed by atoms with Crippen LogP contribution in [-0.2, 0) is 4.79 Å². The summed E-state index contributed by atoms with van der Waals surface area (Å²) >= 11 is 0. The number of benzene rings is 1. The van der Waals surface area contributed by atoms with E-state index in [1.165, 1.54) is 12.1 Å². The van der Waals surface area contributed by atoms with Crippen LogP contribution < -0.4 is 10.6 Å². The van der Waals surface area contributed by atoms with Crippen molar-refractivity contribution in [1.82, 2.24) is 15.2 Å². The molecule has 20 heavy (non-hydrogen) atoms. The number of rotatable bonds is 2. The molecule has 0 saturated carbocycles. The summed E-state index contributed by atoms with van der Waals surface area (Å²) < 4.78 is 14.7. The quantitative estimate of drug-likeness (QED) is 0.646. The first-order chi connectivity index (χ1) is 9.63. The Labute approximate surface area is 113 Å². The molecule has 0 aliphatic carbocycles. The molecule has 2 aromatic rings. The van der Waals surface area contributed by atoms with E-state index in [1.807, 2.05) is 0 Å². The molecule has 1 aromatic carbocycles. The third-order valence-corrected chi connectivity index (χ3v) is 2.90. The molecule has 100 valence electrons. The molecule has 0 unspecified atom stereocenters. The standard InChI is InChI=1S/C14H10FN3O2/c15-9-3-5-10(6-4-9)18-7-1-2-11(18)8-12-13(19)17-14(20)16-12/h1-8H,(H2,16,17,19,20)/b12-8+. The number of hydrogen-bond donors (Lipinski definition) is 2. The highest BCUT2D eigenvalue weighted by molar-refractivity contribution is 6.13. The van der Waals surface area contributed by atoms with Gasteiger partial charge in [-0.3, -0.25) is 10.1 Å². The number of halogens is 1. The lowest BCUT2D eigenvalue weighted by atomic mass is 10.2. The molecular weight excluding hydrogens is 261 g/mol. The molecule has 2 N–H and O–H groups in total. The summed E-state index contributed by atoms with van der Waals surface area (Å²) in [5, 5.41) is 4.55. The van der Waals surface area contributed by atoms with Gasteiger partial charge in [0, 0.05) is 17.6 Å². The van der Waals surface area contributed by atoms with Crippen LogP contribution in [0, 0.1) is 5.82 Å². The van der Waals surface area contributed by atoms with Crippen molar-refractivity contribution in [3.63, 3.8) is 0 Å². The summed E-state index contributed by atoms with van der Waals surface area (Å²) in [4.78, 5) is 22.5. The molecule has 2 heterocycles. The van der Waals surface area contributed by atoms with Gasteiger partial charge in [0.15, 0.2) is 0 Å². The van der Waals surface area contributed by atoms with Crippen LogP contribution in [0.5, 0.6) is 0 Å². The smallest absolute Gasteiger partial charge is 0.317 e. The van der Waals surface area contributed by atoms with E-state index in [-0.39, 0.29) is 11.5 Å².